The number of carbonyl (C=O) groups excluding carboxylic acids is 1. The number of benzene rings is 2. The molecular weight excluding hydrogens is 340 g/mol. The predicted octanol–water partition coefficient (Wildman–Crippen LogP) is 4.12. The van der Waals surface area contributed by atoms with Crippen LogP contribution in [-0.4, -0.2) is 23.8 Å². The topological polar surface area (TPSA) is 55.0 Å². The zero-order chi connectivity index (χ0) is 18.6. The third kappa shape index (κ3) is 3.53. The Morgan fingerprint density at radius 1 is 1.04 bits per heavy atom. The van der Waals surface area contributed by atoms with E-state index in [1.165, 1.54) is 0 Å². The minimum absolute atomic E-state index is 0.152. The summed E-state index contributed by atoms with van der Waals surface area (Å²) in [6.07, 6.45) is 3.39. The lowest BCUT2D eigenvalue weighted by Crippen LogP contribution is -2.32. The Balaban J connectivity index is 1.70. The van der Waals surface area contributed by atoms with Crippen LogP contribution in [0.5, 0.6) is 5.75 Å². The molecule has 0 atom stereocenters. The fraction of sp³-hybridized carbons (Fsp3) is 0.0909. The van der Waals surface area contributed by atoms with Crippen LogP contribution in [-0.2, 0) is 11.3 Å². The maximum atomic E-state index is 13.0. The summed E-state index contributed by atoms with van der Waals surface area (Å²) in [5.74, 6) is 1.94. The molecule has 0 aliphatic carbocycles. The Bertz CT molecular complexity index is 988. The molecule has 0 saturated carbocycles. The molecule has 2 aromatic carbocycles. The van der Waals surface area contributed by atoms with E-state index in [0.29, 0.717) is 23.8 Å². The van der Waals surface area contributed by atoms with Crippen LogP contribution in [0.3, 0.4) is 0 Å². The van der Waals surface area contributed by atoms with Crippen molar-refractivity contribution in [2.45, 2.75) is 6.54 Å². The quantitative estimate of drug-likeness (QED) is 0.645. The lowest BCUT2D eigenvalue weighted by atomic mass is 10.2. The van der Waals surface area contributed by atoms with Gasteiger partial charge in [0, 0.05) is 5.56 Å². The third-order valence-electron chi connectivity index (χ3n) is 4.29. The van der Waals surface area contributed by atoms with E-state index in [-0.39, 0.29) is 5.91 Å². The van der Waals surface area contributed by atoms with Crippen molar-refractivity contribution in [3.63, 3.8) is 0 Å². The Morgan fingerprint density at radius 3 is 2.48 bits per heavy atom. The molecule has 1 aliphatic heterocycles. The predicted molar refractivity (Wildman–Crippen MR) is 103 cm³/mol. The molecule has 0 saturated heterocycles. The lowest BCUT2D eigenvalue weighted by Gasteiger charge is -2.17. The molecule has 5 heteroatoms. The number of nitrogens with zero attached hydrogens (tertiary/aromatic N) is 2. The molecule has 1 aliphatic rings. The molecular formula is C22H18N2O3. The van der Waals surface area contributed by atoms with Gasteiger partial charge < -0.3 is 9.15 Å². The van der Waals surface area contributed by atoms with E-state index >= 15 is 0 Å². The molecule has 4 rings (SSSR count). The van der Waals surface area contributed by atoms with Gasteiger partial charge >= 0.3 is 0 Å². The third-order valence-corrected chi connectivity index (χ3v) is 4.29. The van der Waals surface area contributed by atoms with Crippen LogP contribution in [0.1, 0.15) is 16.9 Å². The Labute approximate surface area is 157 Å². The molecule has 1 amide bonds. The summed E-state index contributed by atoms with van der Waals surface area (Å²) < 4.78 is 10.6. The van der Waals surface area contributed by atoms with E-state index in [0.717, 1.165) is 16.9 Å². The van der Waals surface area contributed by atoms with Crippen LogP contribution in [0.2, 0.25) is 0 Å². The van der Waals surface area contributed by atoms with Crippen molar-refractivity contribution in [3.8, 4) is 5.75 Å². The van der Waals surface area contributed by atoms with Crippen molar-refractivity contribution in [2.75, 3.05) is 7.11 Å². The van der Waals surface area contributed by atoms with Crippen molar-refractivity contribution < 1.29 is 13.9 Å². The summed E-state index contributed by atoms with van der Waals surface area (Å²) in [6.45, 7) is 0.333. The maximum Gasteiger partial charge on any atom is 0.278 e. The number of rotatable bonds is 5. The Kier molecular flexibility index (Phi) is 4.58. The fourth-order valence-electron chi connectivity index (χ4n) is 2.92. The second kappa shape index (κ2) is 7.33. The van der Waals surface area contributed by atoms with Gasteiger partial charge in [0.2, 0.25) is 0 Å². The highest BCUT2D eigenvalue weighted by Crippen LogP contribution is 2.24. The van der Waals surface area contributed by atoms with Gasteiger partial charge in [-0.05, 0) is 35.9 Å². The number of hydrogen-bond acceptors (Lipinski definition) is 4. The van der Waals surface area contributed by atoms with Crippen LogP contribution in [0.25, 0.3) is 6.08 Å². The first-order chi connectivity index (χ1) is 13.2. The van der Waals surface area contributed by atoms with Crippen molar-refractivity contribution >= 4 is 17.8 Å². The second-order valence-corrected chi connectivity index (χ2v) is 6.07. The number of carbonyl (C=O) groups is 1. The van der Waals surface area contributed by atoms with Gasteiger partial charge in [-0.3, -0.25) is 9.69 Å². The van der Waals surface area contributed by atoms with Gasteiger partial charge in [0.1, 0.15) is 23.0 Å². The van der Waals surface area contributed by atoms with Gasteiger partial charge in [0.15, 0.2) is 0 Å². The molecule has 0 unspecified atom stereocenters. The summed E-state index contributed by atoms with van der Waals surface area (Å²) in [7, 11) is 1.62. The molecule has 27 heavy (non-hydrogen) atoms. The molecule has 1 aromatic heterocycles. The monoisotopic (exact) mass is 358 g/mol. The van der Waals surface area contributed by atoms with Gasteiger partial charge in [-0.15, -0.1) is 0 Å². The highest BCUT2D eigenvalue weighted by molar-refractivity contribution is 6.19. The van der Waals surface area contributed by atoms with Crippen molar-refractivity contribution in [2.24, 2.45) is 4.99 Å². The fourth-order valence-corrected chi connectivity index (χ4v) is 2.92. The Morgan fingerprint density at radius 2 is 1.81 bits per heavy atom. The van der Waals surface area contributed by atoms with Gasteiger partial charge in [0.05, 0.1) is 19.9 Å². The highest BCUT2D eigenvalue weighted by Gasteiger charge is 2.31. The molecule has 0 spiro atoms. The average molecular weight is 358 g/mol. The van der Waals surface area contributed by atoms with Crippen molar-refractivity contribution in [1.82, 2.24) is 4.90 Å². The van der Waals surface area contributed by atoms with Crippen molar-refractivity contribution in [3.05, 3.63) is 95.6 Å². The van der Waals surface area contributed by atoms with Gasteiger partial charge in [-0.25, -0.2) is 4.99 Å². The Hall–Kier alpha value is -3.60. The summed E-state index contributed by atoms with van der Waals surface area (Å²) in [5.41, 5.74) is 2.16. The number of aliphatic imine (C=N–C) groups is 1. The zero-order valence-corrected chi connectivity index (χ0v) is 14.8. The van der Waals surface area contributed by atoms with Gasteiger partial charge in [-0.2, -0.15) is 0 Å². The van der Waals surface area contributed by atoms with Crippen LogP contribution in [0.15, 0.2) is 88.1 Å². The number of amidine groups is 1. The van der Waals surface area contributed by atoms with Crippen LogP contribution in [0.4, 0.5) is 0 Å². The lowest BCUT2D eigenvalue weighted by molar-refractivity contribution is -0.123. The maximum absolute atomic E-state index is 13.0. The largest absolute Gasteiger partial charge is 0.497 e. The molecule has 2 heterocycles. The van der Waals surface area contributed by atoms with Gasteiger partial charge in [-0.1, -0.05) is 42.5 Å². The number of amides is 1. The first-order valence-electron chi connectivity index (χ1n) is 8.59. The zero-order valence-electron chi connectivity index (χ0n) is 14.8. The number of furan rings is 1. The smallest absolute Gasteiger partial charge is 0.278 e. The summed E-state index contributed by atoms with van der Waals surface area (Å²) in [5, 5.41) is 0. The van der Waals surface area contributed by atoms with E-state index in [9.17, 15) is 4.79 Å². The number of methoxy groups -OCH3 is 1. The van der Waals surface area contributed by atoms with Crippen LogP contribution in [0, 0.1) is 0 Å². The van der Waals surface area contributed by atoms with Crippen LogP contribution >= 0.6 is 0 Å². The summed E-state index contributed by atoms with van der Waals surface area (Å²) in [4.78, 5) is 19.3. The minimum Gasteiger partial charge on any atom is -0.497 e. The van der Waals surface area contributed by atoms with Crippen LogP contribution < -0.4 is 4.74 Å². The standard InChI is InChI=1S/C22H18N2O3/c1-26-18-11-9-16(10-12-18)14-20-22(25)24(15-19-8-5-13-27-19)21(23-20)17-6-3-2-4-7-17/h2-14H,15H2,1H3/b20-14-. The van der Waals surface area contributed by atoms with E-state index in [1.807, 2.05) is 66.7 Å². The first kappa shape index (κ1) is 16.8. The SMILES string of the molecule is COc1ccc(/C=C2\N=C(c3ccccc3)N(Cc3ccco3)C2=O)cc1. The molecule has 134 valence electrons. The second-order valence-electron chi connectivity index (χ2n) is 6.07. The van der Waals surface area contributed by atoms with E-state index < -0.39 is 0 Å². The normalized spacial score (nSPS) is 15.3. The molecule has 0 bridgehead atoms. The number of hydrogen-bond donors (Lipinski definition) is 0. The molecule has 0 fully saturated rings. The average Bonchev–Trinajstić information content (AvgIpc) is 3.33. The number of ether oxygens (including phenoxy) is 1. The molecule has 3 aromatic rings. The summed E-state index contributed by atoms with van der Waals surface area (Å²) >= 11 is 0. The minimum atomic E-state index is -0.152. The van der Waals surface area contributed by atoms with E-state index in [4.69, 9.17) is 9.15 Å². The molecule has 0 radical (unpaired) electrons. The molecule has 0 N–H and O–H groups in total. The van der Waals surface area contributed by atoms with Gasteiger partial charge in [0.25, 0.3) is 5.91 Å². The summed E-state index contributed by atoms with van der Waals surface area (Å²) in [6, 6.07) is 20.8. The van der Waals surface area contributed by atoms with E-state index in [1.54, 1.807) is 24.3 Å². The van der Waals surface area contributed by atoms with E-state index in [2.05, 4.69) is 4.99 Å². The van der Waals surface area contributed by atoms with Crippen molar-refractivity contribution in [1.29, 1.82) is 0 Å². The first-order valence-corrected chi connectivity index (χ1v) is 8.59. The molecule has 5 nitrogen and oxygen atoms in total. The highest BCUT2D eigenvalue weighted by atomic mass is 16.5.